The normalized spacial score (nSPS) is 16.6. The molecule has 21 heavy (non-hydrogen) atoms. The van der Waals surface area contributed by atoms with E-state index in [-0.39, 0.29) is 0 Å². The number of aromatic amines is 1. The number of aryl methyl sites for hydroxylation is 1. The van der Waals surface area contributed by atoms with Crippen LogP contribution in [0.2, 0.25) is 0 Å². The summed E-state index contributed by atoms with van der Waals surface area (Å²) in [5.41, 5.74) is 4.61. The standard InChI is InChI=1S/C17H19N3S/c1-11-20-16(10-21-11)15-9-19-17-14(15)7-13(8-18-17)12-5-3-2-4-6-12/h7-10,12H,2-6H2,1H3,(H,18,19). The molecule has 1 N–H and O–H groups in total. The van der Waals surface area contributed by atoms with Crippen LogP contribution in [0.3, 0.4) is 0 Å². The lowest BCUT2D eigenvalue weighted by molar-refractivity contribution is 0.443. The number of thiazole rings is 1. The van der Waals surface area contributed by atoms with E-state index < -0.39 is 0 Å². The Balaban J connectivity index is 1.78. The van der Waals surface area contributed by atoms with Crippen molar-refractivity contribution in [2.45, 2.75) is 44.9 Å². The van der Waals surface area contributed by atoms with Crippen molar-refractivity contribution in [3.05, 3.63) is 34.4 Å². The van der Waals surface area contributed by atoms with Gasteiger partial charge < -0.3 is 4.98 Å². The van der Waals surface area contributed by atoms with Gasteiger partial charge in [0.25, 0.3) is 0 Å². The third-order valence-corrected chi connectivity index (χ3v) is 5.30. The van der Waals surface area contributed by atoms with Gasteiger partial charge in [-0.3, -0.25) is 0 Å². The van der Waals surface area contributed by atoms with Crippen molar-refractivity contribution in [3.63, 3.8) is 0 Å². The number of fused-ring (bicyclic) bond motifs is 1. The summed E-state index contributed by atoms with van der Waals surface area (Å²) in [5.74, 6) is 0.690. The summed E-state index contributed by atoms with van der Waals surface area (Å²) in [6, 6.07) is 2.33. The Kier molecular flexibility index (Phi) is 3.26. The van der Waals surface area contributed by atoms with Gasteiger partial charge in [-0.2, -0.15) is 0 Å². The van der Waals surface area contributed by atoms with E-state index in [9.17, 15) is 0 Å². The van der Waals surface area contributed by atoms with Gasteiger partial charge in [0.2, 0.25) is 0 Å². The van der Waals surface area contributed by atoms with Crippen LogP contribution < -0.4 is 0 Å². The molecule has 0 saturated heterocycles. The van der Waals surface area contributed by atoms with E-state index in [1.807, 2.05) is 6.20 Å². The van der Waals surface area contributed by atoms with Crippen LogP contribution in [0.15, 0.2) is 23.8 Å². The Bertz CT molecular complexity index is 765. The molecule has 0 spiro atoms. The second kappa shape index (κ2) is 5.26. The molecule has 3 nitrogen and oxygen atoms in total. The van der Waals surface area contributed by atoms with Crippen LogP contribution in [-0.4, -0.2) is 15.0 Å². The largest absolute Gasteiger partial charge is 0.345 e. The van der Waals surface area contributed by atoms with E-state index in [0.717, 1.165) is 16.3 Å². The fourth-order valence-corrected chi connectivity index (χ4v) is 3.99. The summed E-state index contributed by atoms with van der Waals surface area (Å²) in [5, 5.41) is 4.45. The van der Waals surface area contributed by atoms with Crippen LogP contribution in [-0.2, 0) is 0 Å². The number of nitrogens with one attached hydrogen (secondary N) is 1. The highest BCUT2D eigenvalue weighted by Crippen LogP contribution is 2.35. The molecule has 0 unspecified atom stereocenters. The minimum atomic E-state index is 0.690. The minimum Gasteiger partial charge on any atom is -0.345 e. The van der Waals surface area contributed by atoms with Crippen molar-refractivity contribution in [1.29, 1.82) is 0 Å². The smallest absolute Gasteiger partial charge is 0.137 e. The minimum absolute atomic E-state index is 0.690. The average molecular weight is 297 g/mol. The first-order valence-electron chi connectivity index (χ1n) is 7.71. The van der Waals surface area contributed by atoms with Crippen LogP contribution in [0, 0.1) is 6.92 Å². The first-order valence-corrected chi connectivity index (χ1v) is 8.59. The highest BCUT2D eigenvalue weighted by Gasteiger charge is 2.18. The van der Waals surface area contributed by atoms with Gasteiger partial charge in [0, 0.05) is 28.7 Å². The van der Waals surface area contributed by atoms with Gasteiger partial charge >= 0.3 is 0 Å². The topological polar surface area (TPSA) is 41.6 Å². The Morgan fingerprint density at radius 3 is 2.86 bits per heavy atom. The lowest BCUT2D eigenvalue weighted by Gasteiger charge is -2.21. The molecule has 4 rings (SSSR count). The van der Waals surface area contributed by atoms with Gasteiger partial charge in [0.05, 0.1) is 10.7 Å². The van der Waals surface area contributed by atoms with E-state index in [0.29, 0.717) is 5.92 Å². The molecule has 0 amide bonds. The molecule has 108 valence electrons. The molecule has 0 aromatic carbocycles. The zero-order valence-corrected chi connectivity index (χ0v) is 13.0. The Labute approximate surface area is 128 Å². The second-order valence-electron chi connectivity index (χ2n) is 5.95. The van der Waals surface area contributed by atoms with Gasteiger partial charge in [-0.05, 0) is 37.3 Å². The SMILES string of the molecule is Cc1nc(-c2c[nH]c3ncc(C4CCCCC4)cc23)cs1. The first kappa shape index (κ1) is 13.0. The zero-order valence-electron chi connectivity index (χ0n) is 12.2. The number of pyridine rings is 1. The number of hydrogen-bond acceptors (Lipinski definition) is 3. The molecule has 0 aliphatic heterocycles. The molecular formula is C17H19N3S. The summed E-state index contributed by atoms with van der Waals surface area (Å²) < 4.78 is 0. The summed E-state index contributed by atoms with van der Waals surface area (Å²) in [7, 11) is 0. The van der Waals surface area contributed by atoms with Crippen LogP contribution in [0.5, 0.6) is 0 Å². The van der Waals surface area contributed by atoms with Crippen molar-refractivity contribution in [1.82, 2.24) is 15.0 Å². The van der Waals surface area contributed by atoms with Crippen molar-refractivity contribution < 1.29 is 0 Å². The number of nitrogens with zero attached hydrogens (tertiary/aromatic N) is 2. The Morgan fingerprint density at radius 1 is 1.24 bits per heavy atom. The highest BCUT2D eigenvalue weighted by molar-refractivity contribution is 7.09. The van der Waals surface area contributed by atoms with Gasteiger partial charge in [0.15, 0.2) is 0 Å². The summed E-state index contributed by atoms with van der Waals surface area (Å²) in [6.07, 6.45) is 10.8. The van der Waals surface area contributed by atoms with Gasteiger partial charge in [-0.25, -0.2) is 9.97 Å². The molecule has 1 fully saturated rings. The maximum Gasteiger partial charge on any atom is 0.137 e. The molecule has 3 heterocycles. The molecule has 1 aliphatic rings. The zero-order chi connectivity index (χ0) is 14.2. The Hall–Kier alpha value is -1.68. The van der Waals surface area contributed by atoms with E-state index in [2.05, 4.69) is 39.5 Å². The number of H-pyrrole nitrogens is 1. The predicted octanol–water partition coefficient (Wildman–Crippen LogP) is 5.04. The molecule has 1 saturated carbocycles. The molecule has 1 aliphatic carbocycles. The number of rotatable bonds is 2. The fourth-order valence-electron chi connectivity index (χ4n) is 3.38. The van der Waals surface area contributed by atoms with E-state index in [1.165, 1.54) is 48.6 Å². The quantitative estimate of drug-likeness (QED) is 0.719. The second-order valence-corrected chi connectivity index (χ2v) is 7.02. The van der Waals surface area contributed by atoms with Crippen molar-refractivity contribution in [2.75, 3.05) is 0 Å². The molecular weight excluding hydrogens is 278 g/mol. The van der Waals surface area contributed by atoms with Gasteiger partial charge in [-0.15, -0.1) is 11.3 Å². The van der Waals surface area contributed by atoms with Crippen LogP contribution in [0.25, 0.3) is 22.3 Å². The first-order chi connectivity index (χ1) is 10.3. The lowest BCUT2D eigenvalue weighted by atomic mass is 9.84. The van der Waals surface area contributed by atoms with Crippen LogP contribution in [0.1, 0.15) is 48.6 Å². The van der Waals surface area contributed by atoms with E-state index >= 15 is 0 Å². The number of hydrogen-bond donors (Lipinski definition) is 1. The molecule has 3 aromatic heterocycles. The van der Waals surface area contributed by atoms with Gasteiger partial charge in [0.1, 0.15) is 5.65 Å². The number of aromatic nitrogens is 3. The maximum absolute atomic E-state index is 4.63. The van der Waals surface area contributed by atoms with Crippen LogP contribution >= 0.6 is 11.3 Å². The highest BCUT2D eigenvalue weighted by atomic mass is 32.1. The van der Waals surface area contributed by atoms with Crippen molar-refractivity contribution in [3.8, 4) is 11.3 Å². The summed E-state index contributed by atoms with van der Waals surface area (Å²) in [6.45, 7) is 2.05. The molecule has 0 radical (unpaired) electrons. The van der Waals surface area contributed by atoms with Crippen molar-refractivity contribution in [2.24, 2.45) is 0 Å². The summed E-state index contributed by atoms with van der Waals surface area (Å²) in [4.78, 5) is 12.5. The van der Waals surface area contributed by atoms with Crippen molar-refractivity contribution >= 4 is 22.4 Å². The molecule has 3 aromatic rings. The summed E-state index contributed by atoms with van der Waals surface area (Å²) >= 11 is 1.70. The molecule has 4 heteroatoms. The molecule has 0 atom stereocenters. The maximum atomic E-state index is 4.63. The lowest BCUT2D eigenvalue weighted by Crippen LogP contribution is -2.04. The van der Waals surface area contributed by atoms with E-state index in [1.54, 1.807) is 11.3 Å². The third kappa shape index (κ3) is 2.38. The third-order valence-electron chi connectivity index (χ3n) is 4.52. The predicted molar refractivity (Wildman–Crippen MR) is 87.8 cm³/mol. The van der Waals surface area contributed by atoms with Gasteiger partial charge in [-0.1, -0.05) is 19.3 Å². The monoisotopic (exact) mass is 297 g/mol. The average Bonchev–Trinajstić information content (AvgIpc) is 3.13. The Morgan fingerprint density at radius 2 is 2.10 bits per heavy atom. The molecule has 0 bridgehead atoms. The van der Waals surface area contributed by atoms with E-state index in [4.69, 9.17) is 0 Å². The van der Waals surface area contributed by atoms with Crippen LogP contribution in [0.4, 0.5) is 0 Å². The fraction of sp³-hybridized carbons (Fsp3) is 0.412.